The molecule has 1 fully saturated rings. The first-order valence-corrected chi connectivity index (χ1v) is 7.90. The number of ether oxygens (including phenoxy) is 1. The second kappa shape index (κ2) is 8.62. The molecule has 1 N–H and O–H groups in total. The summed E-state index contributed by atoms with van der Waals surface area (Å²) in [7, 11) is 1.37. The first kappa shape index (κ1) is 17.4. The Hall–Kier alpha value is -1.95. The van der Waals surface area contributed by atoms with Gasteiger partial charge in [-0.1, -0.05) is 18.2 Å². The van der Waals surface area contributed by atoms with Crippen LogP contribution in [0.5, 0.6) is 0 Å². The van der Waals surface area contributed by atoms with Gasteiger partial charge in [-0.3, -0.25) is 14.5 Å². The Morgan fingerprint density at radius 2 is 2.00 bits per heavy atom. The zero-order chi connectivity index (χ0) is 16.7. The van der Waals surface area contributed by atoms with E-state index in [2.05, 4.69) is 10.1 Å². The number of carbonyl (C=O) groups is 2. The molecule has 1 aromatic carbocycles. The monoisotopic (exact) mass is 322 g/mol. The summed E-state index contributed by atoms with van der Waals surface area (Å²) in [5.41, 5.74) is 0.612. The first-order chi connectivity index (χ1) is 11.1. The van der Waals surface area contributed by atoms with Crippen molar-refractivity contribution in [3.8, 4) is 0 Å². The number of nitrogens with one attached hydrogen (secondary N) is 1. The lowest BCUT2D eigenvalue weighted by molar-refractivity contribution is -0.142. The molecule has 5 nitrogen and oxygen atoms in total. The van der Waals surface area contributed by atoms with Crippen molar-refractivity contribution in [2.45, 2.75) is 19.3 Å². The van der Waals surface area contributed by atoms with E-state index in [-0.39, 0.29) is 30.2 Å². The number of esters is 1. The minimum atomic E-state index is -0.252. The summed E-state index contributed by atoms with van der Waals surface area (Å²) in [5, 5.41) is 2.88. The molecule has 0 aromatic heterocycles. The van der Waals surface area contributed by atoms with Crippen LogP contribution in [0.25, 0.3) is 0 Å². The van der Waals surface area contributed by atoms with Gasteiger partial charge in [-0.25, -0.2) is 4.39 Å². The molecular formula is C17H23FN2O3. The number of rotatable bonds is 6. The number of carbonyl (C=O) groups excluding carboxylic acids is 2. The molecular weight excluding hydrogens is 299 g/mol. The maximum Gasteiger partial charge on any atom is 0.319 e. The second-order valence-electron chi connectivity index (χ2n) is 5.76. The Morgan fingerprint density at radius 3 is 2.65 bits per heavy atom. The second-order valence-corrected chi connectivity index (χ2v) is 5.76. The van der Waals surface area contributed by atoms with Crippen molar-refractivity contribution in [1.29, 1.82) is 0 Å². The van der Waals surface area contributed by atoms with E-state index in [1.807, 2.05) is 4.90 Å². The van der Waals surface area contributed by atoms with Crippen LogP contribution in [-0.2, 0) is 20.7 Å². The van der Waals surface area contributed by atoms with Crippen LogP contribution in [-0.4, -0.2) is 50.1 Å². The minimum Gasteiger partial charge on any atom is -0.468 e. The van der Waals surface area contributed by atoms with Crippen LogP contribution in [0, 0.1) is 11.7 Å². The third kappa shape index (κ3) is 5.32. The lowest BCUT2D eigenvalue weighted by Crippen LogP contribution is -2.42. The number of hydrogen-bond donors (Lipinski definition) is 1. The minimum absolute atomic E-state index is 0.0130. The number of halogens is 1. The fraction of sp³-hybridized carbons (Fsp3) is 0.529. The SMILES string of the molecule is COC(=O)CN1CCC(C(=O)NCCc2ccccc2F)CC1. The van der Waals surface area contributed by atoms with Crippen LogP contribution >= 0.6 is 0 Å². The predicted molar refractivity (Wildman–Crippen MR) is 84.3 cm³/mol. The Kier molecular flexibility index (Phi) is 6.52. The number of methoxy groups -OCH3 is 1. The highest BCUT2D eigenvalue weighted by molar-refractivity contribution is 5.78. The molecule has 6 heteroatoms. The van der Waals surface area contributed by atoms with Crippen LogP contribution < -0.4 is 5.32 Å². The lowest BCUT2D eigenvalue weighted by Gasteiger charge is -2.30. The Labute approximate surface area is 135 Å². The maximum atomic E-state index is 13.5. The zero-order valence-electron chi connectivity index (χ0n) is 13.4. The van der Waals surface area contributed by atoms with Gasteiger partial charge in [0.25, 0.3) is 0 Å². The van der Waals surface area contributed by atoms with Gasteiger partial charge in [0.2, 0.25) is 5.91 Å². The van der Waals surface area contributed by atoms with E-state index in [4.69, 9.17) is 0 Å². The van der Waals surface area contributed by atoms with Crippen LogP contribution in [0.4, 0.5) is 4.39 Å². The average molecular weight is 322 g/mol. The lowest BCUT2D eigenvalue weighted by atomic mass is 9.96. The Bertz CT molecular complexity index is 542. The van der Waals surface area contributed by atoms with Crippen LogP contribution in [0.2, 0.25) is 0 Å². The topological polar surface area (TPSA) is 58.6 Å². The molecule has 1 amide bonds. The largest absolute Gasteiger partial charge is 0.468 e. The average Bonchev–Trinajstić information content (AvgIpc) is 2.57. The Morgan fingerprint density at radius 1 is 1.30 bits per heavy atom. The van der Waals surface area contributed by atoms with Gasteiger partial charge in [-0.05, 0) is 44.0 Å². The molecule has 1 heterocycles. The van der Waals surface area contributed by atoms with Crippen molar-refractivity contribution in [2.75, 3.05) is 33.3 Å². The van der Waals surface area contributed by atoms with Gasteiger partial charge >= 0.3 is 5.97 Å². The van der Waals surface area contributed by atoms with Gasteiger partial charge < -0.3 is 10.1 Å². The summed E-state index contributed by atoms with van der Waals surface area (Å²) in [6, 6.07) is 6.59. The van der Waals surface area contributed by atoms with E-state index in [1.165, 1.54) is 13.2 Å². The predicted octanol–water partition coefficient (Wildman–Crippen LogP) is 1.37. The molecule has 1 aromatic rings. The van der Waals surface area contributed by atoms with Crippen molar-refractivity contribution >= 4 is 11.9 Å². The molecule has 2 rings (SSSR count). The highest BCUT2D eigenvalue weighted by Gasteiger charge is 2.25. The number of likely N-dealkylation sites (tertiary alicyclic amines) is 1. The standard InChI is InChI=1S/C17H23FN2O3/c1-23-16(21)12-20-10-7-14(8-11-20)17(22)19-9-6-13-4-2-3-5-15(13)18/h2-5,14H,6-12H2,1H3,(H,19,22). The van der Waals surface area contributed by atoms with Crippen LogP contribution in [0.15, 0.2) is 24.3 Å². The molecule has 0 bridgehead atoms. The summed E-state index contributed by atoms with van der Waals surface area (Å²) in [6.45, 7) is 2.13. The fourth-order valence-corrected chi connectivity index (χ4v) is 2.77. The van der Waals surface area contributed by atoms with E-state index in [0.717, 1.165) is 12.8 Å². The molecule has 0 unspecified atom stereocenters. The molecule has 1 aliphatic rings. The van der Waals surface area contributed by atoms with E-state index in [0.29, 0.717) is 31.6 Å². The summed E-state index contributed by atoms with van der Waals surface area (Å²) in [5.74, 6) is -0.515. The van der Waals surface area contributed by atoms with Crippen LogP contribution in [0.1, 0.15) is 18.4 Å². The van der Waals surface area contributed by atoms with Crippen molar-refractivity contribution in [1.82, 2.24) is 10.2 Å². The van der Waals surface area contributed by atoms with Crippen molar-refractivity contribution in [3.05, 3.63) is 35.6 Å². The van der Waals surface area contributed by atoms with Crippen molar-refractivity contribution < 1.29 is 18.7 Å². The number of piperidine rings is 1. The highest BCUT2D eigenvalue weighted by atomic mass is 19.1. The molecule has 0 saturated carbocycles. The molecule has 23 heavy (non-hydrogen) atoms. The van der Waals surface area contributed by atoms with E-state index in [9.17, 15) is 14.0 Å². The number of amides is 1. The van der Waals surface area contributed by atoms with Gasteiger partial charge in [-0.2, -0.15) is 0 Å². The van der Waals surface area contributed by atoms with Crippen molar-refractivity contribution in [2.24, 2.45) is 5.92 Å². The maximum absolute atomic E-state index is 13.5. The van der Waals surface area contributed by atoms with Gasteiger partial charge in [0.1, 0.15) is 5.82 Å². The zero-order valence-corrected chi connectivity index (χ0v) is 13.4. The molecule has 0 atom stereocenters. The summed E-state index contributed by atoms with van der Waals surface area (Å²) >= 11 is 0. The van der Waals surface area contributed by atoms with Crippen LogP contribution in [0.3, 0.4) is 0 Å². The summed E-state index contributed by atoms with van der Waals surface area (Å²) in [4.78, 5) is 25.4. The number of benzene rings is 1. The van der Waals surface area contributed by atoms with Gasteiger partial charge in [0.05, 0.1) is 13.7 Å². The summed E-state index contributed by atoms with van der Waals surface area (Å²) in [6.07, 6.45) is 1.94. The van der Waals surface area contributed by atoms with Crippen molar-refractivity contribution in [3.63, 3.8) is 0 Å². The normalized spacial score (nSPS) is 16.1. The highest BCUT2D eigenvalue weighted by Crippen LogP contribution is 2.17. The molecule has 1 aliphatic heterocycles. The number of nitrogens with zero attached hydrogens (tertiary/aromatic N) is 1. The van der Waals surface area contributed by atoms with Gasteiger partial charge in [0.15, 0.2) is 0 Å². The fourth-order valence-electron chi connectivity index (χ4n) is 2.77. The quantitative estimate of drug-likeness (QED) is 0.804. The van der Waals surface area contributed by atoms with Gasteiger partial charge in [0, 0.05) is 12.5 Å². The smallest absolute Gasteiger partial charge is 0.319 e. The summed E-state index contributed by atoms with van der Waals surface area (Å²) < 4.78 is 18.1. The Balaban J connectivity index is 1.69. The molecule has 1 saturated heterocycles. The first-order valence-electron chi connectivity index (χ1n) is 7.90. The molecule has 0 aliphatic carbocycles. The number of hydrogen-bond acceptors (Lipinski definition) is 4. The molecule has 126 valence electrons. The van der Waals surface area contributed by atoms with Gasteiger partial charge in [-0.15, -0.1) is 0 Å². The third-order valence-corrected chi connectivity index (χ3v) is 4.19. The molecule has 0 radical (unpaired) electrons. The van der Waals surface area contributed by atoms with E-state index < -0.39 is 0 Å². The van der Waals surface area contributed by atoms with E-state index >= 15 is 0 Å². The van der Waals surface area contributed by atoms with E-state index in [1.54, 1.807) is 18.2 Å². The molecule has 0 spiro atoms. The third-order valence-electron chi connectivity index (χ3n) is 4.19.